The van der Waals surface area contributed by atoms with E-state index in [2.05, 4.69) is 30.3 Å². The summed E-state index contributed by atoms with van der Waals surface area (Å²) >= 11 is 0. The van der Waals surface area contributed by atoms with E-state index in [9.17, 15) is 12.8 Å². The topological polar surface area (TPSA) is 109 Å². The predicted molar refractivity (Wildman–Crippen MR) is 149 cm³/mol. The van der Waals surface area contributed by atoms with E-state index in [1.165, 1.54) is 12.1 Å². The Morgan fingerprint density at radius 2 is 1.90 bits per heavy atom. The second kappa shape index (κ2) is 11.6. The van der Waals surface area contributed by atoms with Gasteiger partial charge in [-0.3, -0.25) is 9.11 Å². The molecule has 5 rings (SSSR count). The molecule has 1 fully saturated rings. The maximum Gasteiger partial charge on any atom is 0.237 e. The molecule has 39 heavy (non-hydrogen) atoms. The quantitative estimate of drug-likeness (QED) is 0.276. The molecule has 0 bridgehead atoms. The van der Waals surface area contributed by atoms with Crippen molar-refractivity contribution in [3.05, 3.63) is 77.7 Å². The van der Waals surface area contributed by atoms with Crippen molar-refractivity contribution in [3.63, 3.8) is 0 Å². The number of pyridine rings is 1. The summed E-state index contributed by atoms with van der Waals surface area (Å²) in [5.41, 5.74) is 3.68. The third-order valence-corrected chi connectivity index (χ3v) is 7.97. The lowest BCUT2D eigenvalue weighted by Crippen LogP contribution is -2.44. The van der Waals surface area contributed by atoms with Crippen molar-refractivity contribution in [1.82, 2.24) is 20.3 Å². The number of nitrogens with one attached hydrogen (secondary N) is 3. The van der Waals surface area contributed by atoms with Gasteiger partial charge in [0, 0.05) is 30.6 Å². The van der Waals surface area contributed by atoms with Crippen molar-refractivity contribution < 1.29 is 17.2 Å². The molecule has 2 aromatic carbocycles. The summed E-state index contributed by atoms with van der Waals surface area (Å²) in [6.07, 6.45) is 2.99. The fourth-order valence-electron chi connectivity index (χ4n) is 4.77. The van der Waals surface area contributed by atoms with Crippen molar-refractivity contribution in [1.29, 1.82) is 0 Å². The number of piperidine rings is 1. The van der Waals surface area contributed by atoms with Crippen LogP contribution in [-0.2, 0) is 22.2 Å². The lowest BCUT2D eigenvalue weighted by atomic mass is 9.97. The van der Waals surface area contributed by atoms with E-state index in [4.69, 9.17) is 0 Å². The van der Waals surface area contributed by atoms with Crippen LogP contribution in [0.3, 0.4) is 0 Å². The Kier molecular flexibility index (Phi) is 7.99. The Balaban J connectivity index is 1.36. The molecule has 1 aliphatic rings. The normalized spacial score (nSPS) is 17.7. The van der Waals surface area contributed by atoms with Gasteiger partial charge >= 0.3 is 0 Å². The minimum Gasteiger partial charge on any atom is -0.350 e. The molecular formula is C28H30F2N6O2S. The Hall–Kier alpha value is -3.70. The van der Waals surface area contributed by atoms with E-state index in [1.54, 1.807) is 42.6 Å². The smallest absolute Gasteiger partial charge is 0.237 e. The summed E-state index contributed by atoms with van der Waals surface area (Å²) in [5, 5.41) is 6.53. The predicted octanol–water partition coefficient (Wildman–Crippen LogP) is 4.69. The summed E-state index contributed by atoms with van der Waals surface area (Å²) in [7, 11) is -3.80. The van der Waals surface area contributed by atoms with Gasteiger partial charge in [-0.1, -0.05) is 43.3 Å². The molecule has 4 aromatic rings. The van der Waals surface area contributed by atoms with E-state index in [0.717, 1.165) is 5.56 Å². The number of hydrogen-bond donors (Lipinski definition) is 3. The molecule has 204 valence electrons. The number of halogens is 2. The first-order chi connectivity index (χ1) is 18.8. The van der Waals surface area contributed by atoms with E-state index in [0.29, 0.717) is 59.7 Å². The van der Waals surface area contributed by atoms with Crippen LogP contribution in [0.4, 0.5) is 20.4 Å². The van der Waals surface area contributed by atoms with E-state index in [1.807, 2.05) is 13.0 Å². The summed E-state index contributed by atoms with van der Waals surface area (Å²) in [6, 6.07) is 14.9. The number of sulfonamides is 1. The number of hydrogen-bond acceptors (Lipinski definition) is 7. The Morgan fingerprint density at radius 3 is 2.64 bits per heavy atom. The maximum atomic E-state index is 15.0. The number of benzene rings is 2. The minimum atomic E-state index is -3.80. The fraction of sp³-hybridized carbons (Fsp3) is 0.321. The highest BCUT2D eigenvalue weighted by Crippen LogP contribution is 2.28. The second-order valence-electron chi connectivity index (χ2n) is 9.74. The van der Waals surface area contributed by atoms with Gasteiger partial charge in [0.2, 0.25) is 16.0 Å². The standard InChI is InChI=1S/C28H30F2N6O2S/c1-2-20-12-25(34-26-16-32-28(35-27(20)26)33-22-10-19(13-29)14-31-15-22)21-8-9-24(23(30)11-21)36-39(37,38)17-18-6-4-3-5-7-18/h3-9,11-12,16,19,22,31,36H,2,10,13-15,17H2,1H3,(H,32,33,35)/t19-,22+/m1/s1. The van der Waals surface area contributed by atoms with Gasteiger partial charge in [-0.25, -0.2) is 27.8 Å². The molecule has 1 saturated heterocycles. The highest BCUT2D eigenvalue weighted by Gasteiger charge is 2.22. The van der Waals surface area contributed by atoms with Gasteiger partial charge in [0.05, 0.1) is 35.5 Å². The number of fused-ring (bicyclic) bond motifs is 1. The van der Waals surface area contributed by atoms with Crippen molar-refractivity contribution in [2.45, 2.75) is 31.6 Å². The number of rotatable bonds is 9. The minimum absolute atomic E-state index is 0.0286. The number of aromatic nitrogens is 3. The first kappa shape index (κ1) is 26.9. The molecule has 0 aliphatic carbocycles. The molecule has 2 atom stereocenters. The van der Waals surface area contributed by atoms with Crippen LogP contribution < -0.4 is 15.4 Å². The third kappa shape index (κ3) is 6.48. The number of nitrogens with zero attached hydrogens (tertiary/aromatic N) is 3. The third-order valence-electron chi connectivity index (χ3n) is 6.73. The van der Waals surface area contributed by atoms with Gasteiger partial charge in [-0.05, 0) is 42.2 Å². The van der Waals surface area contributed by atoms with Crippen LogP contribution in [0.1, 0.15) is 24.5 Å². The SMILES string of the molecule is CCc1cc(-c2ccc(NS(=O)(=O)Cc3ccccc3)c(F)c2)nc2cnc(N[C@@H]3CNC[C@@H](CF)C3)nc12. The molecule has 2 aromatic heterocycles. The molecule has 0 unspecified atom stereocenters. The summed E-state index contributed by atoms with van der Waals surface area (Å²) in [4.78, 5) is 13.7. The number of alkyl halides is 1. The van der Waals surface area contributed by atoms with E-state index < -0.39 is 15.8 Å². The van der Waals surface area contributed by atoms with Crippen LogP contribution in [-0.4, -0.2) is 49.2 Å². The molecule has 0 amide bonds. The van der Waals surface area contributed by atoms with Gasteiger partial charge in [0.1, 0.15) is 11.3 Å². The zero-order chi connectivity index (χ0) is 27.4. The maximum absolute atomic E-state index is 15.0. The Labute approximate surface area is 226 Å². The molecule has 11 heteroatoms. The summed E-state index contributed by atoms with van der Waals surface area (Å²) in [6.45, 7) is 3.01. The molecule has 1 aliphatic heterocycles. The van der Waals surface area contributed by atoms with E-state index >= 15 is 4.39 Å². The molecule has 0 saturated carbocycles. The first-order valence-corrected chi connectivity index (χ1v) is 14.5. The van der Waals surface area contributed by atoms with Gasteiger partial charge in [0.15, 0.2) is 0 Å². The van der Waals surface area contributed by atoms with Crippen molar-refractivity contribution in [3.8, 4) is 11.3 Å². The van der Waals surface area contributed by atoms with Gasteiger partial charge in [0.25, 0.3) is 0 Å². The lowest BCUT2D eigenvalue weighted by Gasteiger charge is -2.29. The van der Waals surface area contributed by atoms with Crippen LogP contribution in [0.15, 0.2) is 60.8 Å². The van der Waals surface area contributed by atoms with Crippen LogP contribution in [0.25, 0.3) is 22.3 Å². The van der Waals surface area contributed by atoms with Gasteiger partial charge in [-0.2, -0.15) is 0 Å². The average Bonchev–Trinajstić information content (AvgIpc) is 2.94. The summed E-state index contributed by atoms with van der Waals surface area (Å²) < 4.78 is 55.6. The van der Waals surface area contributed by atoms with Crippen LogP contribution in [0, 0.1) is 11.7 Å². The van der Waals surface area contributed by atoms with E-state index in [-0.39, 0.29) is 30.1 Å². The monoisotopic (exact) mass is 552 g/mol. The lowest BCUT2D eigenvalue weighted by molar-refractivity contribution is 0.282. The van der Waals surface area contributed by atoms with Crippen LogP contribution in [0.5, 0.6) is 0 Å². The Bertz CT molecular complexity index is 1570. The zero-order valence-corrected chi connectivity index (χ0v) is 22.3. The fourth-order valence-corrected chi connectivity index (χ4v) is 5.98. The molecule has 0 radical (unpaired) electrons. The molecular weight excluding hydrogens is 522 g/mol. The number of anilines is 2. The molecule has 0 spiro atoms. The van der Waals surface area contributed by atoms with Gasteiger partial charge in [-0.15, -0.1) is 0 Å². The van der Waals surface area contributed by atoms with Crippen molar-refractivity contribution >= 4 is 32.7 Å². The zero-order valence-electron chi connectivity index (χ0n) is 21.5. The summed E-state index contributed by atoms with van der Waals surface area (Å²) in [5.74, 6) is -0.534. The van der Waals surface area contributed by atoms with Crippen molar-refractivity contribution in [2.75, 3.05) is 29.8 Å². The second-order valence-corrected chi connectivity index (χ2v) is 11.5. The first-order valence-electron chi connectivity index (χ1n) is 12.9. The highest BCUT2D eigenvalue weighted by atomic mass is 32.2. The average molecular weight is 553 g/mol. The van der Waals surface area contributed by atoms with Crippen molar-refractivity contribution in [2.24, 2.45) is 5.92 Å². The highest BCUT2D eigenvalue weighted by molar-refractivity contribution is 7.91. The van der Waals surface area contributed by atoms with Gasteiger partial charge < -0.3 is 10.6 Å². The molecule has 8 nitrogen and oxygen atoms in total. The van der Waals surface area contributed by atoms with Crippen LogP contribution >= 0.6 is 0 Å². The molecule has 3 N–H and O–H groups in total. The molecule has 3 heterocycles. The largest absolute Gasteiger partial charge is 0.350 e. The Morgan fingerprint density at radius 1 is 1.08 bits per heavy atom. The van der Waals surface area contributed by atoms with Crippen LogP contribution in [0.2, 0.25) is 0 Å². The number of aryl methyl sites for hydroxylation is 1.